The number of nitro benzene ring substituents is 1. The molecule has 2 heterocycles. The summed E-state index contributed by atoms with van der Waals surface area (Å²) >= 11 is 0. The molecule has 0 radical (unpaired) electrons. The van der Waals surface area contributed by atoms with Gasteiger partial charge in [-0.2, -0.15) is 0 Å². The van der Waals surface area contributed by atoms with E-state index in [1.165, 1.54) is 30.3 Å². The van der Waals surface area contributed by atoms with Gasteiger partial charge in [-0.25, -0.2) is 4.90 Å². The molecule has 10 heteroatoms. The first kappa shape index (κ1) is 30.6. The summed E-state index contributed by atoms with van der Waals surface area (Å²) in [7, 11) is 0. The number of benzene rings is 3. The van der Waals surface area contributed by atoms with Gasteiger partial charge in [-0.1, -0.05) is 78.4 Å². The van der Waals surface area contributed by atoms with Crippen molar-refractivity contribution < 1.29 is 33.6 Å². The molecule has 4 aliphatic rings. The Labute approximate surface area is 280 Å². The van der Waals surface area contributed by atoms with Crippen LogP contribution < -0.4 is 4.90 Å². The predicted molar refractivity (Wildman–Crippen MR) is 177 cm³/mol. The molecule has 2 fully saturated rings. The largest absolute Gasteiger partial charge is 0.463 e. The molecule has 2 amide bonds. The van der Waals surface area contributed by atoms with Crippen molar-refractivity contribution in [2.24, 2.45) is 23.7 Å². The van der Waals surface area contributed by atoms with E-state index in [-0.39, 0.29) is 53.7 Å². The van der Waals surface area contributed by atoms with Gasteiger partial charge >= 0.3 is 0 Å². The van der Waals surface area contributed by atoms with E-state index in [2.05, 4.69) is 0 Å². The van der Waals surface area contributed by atoms with Gasteiger partial charge in [0.05, 0.1) is 33.8 Å². The number of rotatable bonds is 6. The van der Waals surface area contributed by atoms with Gasteiger partial charge in [-0.3, -0.25) is 29.3 Å². The molecule has 1 aliphatic heterocycles. The van der Waals surface area contributed by atoms with Crippen LogP contribution in [0.2, 0.25) is 0 Å². The average Bonchev–Trinajstić information content (AvgIpc) is 3.71. The molecule has 3 aliphatic carbocycles. The number of anilines is 1. The maximum Gasteiger partial charge on any atom is 0.271 e. The molecule has 4 aromatic rings. The van der Waals surface area contributed by atoms with Gasteiger partial charge in [0, 0.05) is 23.6 Å². The highest BCUT2D eigenvalue weighted by Crippen LogP contribution is 2.63. The zero-order chi connectivity index (χ0) is 34.0. The third-order valence-electron chi connectivity index (χ3n) is 10.8. The van der Waals surface area contributed by atoms with Gasteiger partial charge in [0.25, 0.3) is 5.69 Å². The number of allylic oxidation sites excluding steroid dienone is 4. The van der Waals surface area contributed by atoms with Gasteiger partial charge in [0.1, 0.15) is 18.1 Å². The molecular formula is C39H30N2O8. The molecule has 49 heavy (non-hydrogen) atoms. The fourth-order valence-electron chi connectivity index (χ4n) is 8.82. The van der Waals surface area contributed by atoms with E-state index in [0.29, 0.717) is 16.9 Å². The van der Waals surface area contributed by atoms with E-state index in [1.807, 2.05) is 42.5 Å². The molecule has 0 spiro atoms. The Bertz CT molecular complexity index is 2120. The van der Waals surface area contributed by atoms with Crippen LogP contribution in [-0.4, -0.2) is 33.4 Å². The number of fused-ring (bicyclic) bond motifs is 4. The number of nitro groups is 1. The molecule has 1 N–H and O–H groups in total. The van der Waals surface area contributed by atoms with Crippen LogP contribution in [0.1, 0.15) is 41.4 Å². The first-order valence-corrected chi connectivity index (χ1v) is 16.2. The summed E-state index contributed by atoms with van der Waals surface area (Å²) in [5.41, 5.74) is 0.655. The van der Waals surface area contributed by atoms with Gasteiger partial charge in [-0.05, 0) is 54.2 Å². The molecule has 1 saturated carbocycles. The summed E-state index contributed by atoms with van der Waals surface area (Å²) in [5, 5.41) is 21.5. The summed E-state index contributed by atoms with van der Waals surface area (Å²) in [6, 6.07) is 26.9. The van der Waals surface area contributed by atoms with E-state index < -0.39 is 51.7 Å². The number of furan rings is 1. The van der Waals surface area contributed by atoms with Gasteiger partial charge < -0.3 is 9.52 Å². The van der Waals surface area contributed by atoms with Gasteiger partial charge in [-0.15, -0.1) is 0 Å². The quantitative estimate of drug-likeness (QED) is 0.120. The maximum absolute atomic E-state index is 15.0. The van der Waals surface area contributed by atoms with Crippen LogP contribution in [0.4, 0.5) is 11.4 Å². The van der Waals surface area contributed by atoms with Gasteiger partial charge in [0.2, 0.25) is 11.8 Å². The smallest absolute Gasteiger partial charge is 0.271 e. The number of ketones is 2. The summed E-state index contributed by atoms with van der Waals surface area (Å²) in [6.45, 7) is -0.377. The topological polar surface area (TPSA) is 148 Å². The van der Waals surface area contributed by atoms with Crippen molar-refractivity contribution in [2.45, 2.75) is 30.8 Å². The maximum atomic E-state index is 15.0. The molecule has 0 bridgehead atoms. The van der Waals surface area contributed by atoms with Crippen LogP contribution in [0, 0.1) is 33.8 Å². The van der Waals surface area contributed by atoms with Crippen molar-refractivity contribution in [1.29, 1.82) is 0 Å². The molecule has 10 nitrogen and oxygen atoms in total. The third-order valence-corrected chi connectivity index (χ3v) is 10.8. The fourth-order valence-corrected chi connectivity index (χ4v) is 8.82. The van der Waals surface area contributed by atoms with E-state index >= 15 is 0 Å². The van der Waals surface area contributed by atoms with Gasteiger partial charge in [0.15, 0.2) is 11.6 Å². The lowest BCUT2D eigenvalue weighted by atomic mass is 9.45. The predicted octanol–water partition coefficient (Wildman–Crippen LogP) is 5.71. The molecule has 3 aromatic carbocycles. The molecule has 6 unspecified atom stereocenters. The second kappa shape index (κ2) is 11.5. The van der Waals surface area contributed by atoms with Crippen LogP contribution in [0.25, 0.3) is 5.57 Å². The summed E-state index contributed by atoms with van der Waals surface area (Å²) in [4.78, 5) is 70.2. The number of hydrogen-bond acceptors (Lipinski definition) is 8. The molecule has 244 valence electrons. The van der Waals surface area contributed by atoms with Crippen molar-refractivity contribution in [1.82, 2.24) is 0 Å². The minimum atomic E-state index is -1.44. The van der Waals surface area contributed by atoms with E-state index in [4.69, 9.17) is 4.42 Å². The number of non-ortho nitro benzene ring substituents is 1. The Kier molecular flexibility index (Phi) is 7.15. The number of hydrogen-bond donors (Lipinski definition) is 1. The molecule has 8 rings (SSSR count). The highest BCUT2D eigenvalue weighted by atomic mass is 16.6. The zero-order valence-corrected chi connectivity index (χ0v) is 26.1. The number of aliphatic hydroxyl groups is 1. The van der Waals surface area contributed by atoms with Crippen LogP contribution in [-0.2, 0) is 31.2 Å². The molecular weight excluding hydrogens is 624 g/mol. The van der Waals surface area contributed by atoms with Crippen LogP contribution in [0.3, 0.4) is 0 Å². The van der Waals surface area contributed by atoms with Crippen LogP contribution in [0.15, 0.2) is 119 Å². The first-order valence-electron chi connectivity index (χ1n) is 16.2. The number of imide groups is 1. The van der Waals surface area contributed by atoms with Crippen molar-refractivity contribution in [3.63, 3.8) is 0 Å². The summed E-state index contributed by atoms with van der Waals surface area (Å²) < 4.78 is 6.20. The van der Waals surface area contributed by atoms with Crippen molar-refractivity contribution in [2.75, 3.05) is 4.90 Å². The highest BCUT2D eigenvalue weighted by Gasteiger charge is 2.66. The fraction of sp³-hybridized carbons (Fsp3) is 0.231. The second-order valence-electron chi connectivity index (χ2n) is 13.0. The Morgan fingerprint density at radius 3 is 2.31 bits per heavy atom. The molecule has 1 saturated heterocycles. The number of carbonyl (C=O) groups excluding carboxylic acids is 4. The minimum absolute atomic E-state index is 0.114. The number of aliphatic hydroxyl groups excluding tert-OH is 1. The number of amides is 2. The van der Waals surface area contributed by atoms with E-state index in [1.54, 1.807) is 36.4 Å². The lowest BCUT2D eigenvalue weighted by Crippen LogP contribution is -2.58. The monoisotopic (exact) mass is 654 g/mol. The number of Topliss-reactive ketones (excluding diaryl/α,β-unsaturated/α-hetero) is 1. The van der Waals surface area contributed by atoms with E-state index in [0.717, 1.165) is 10.5 Å². The summed E-state index contributed by atoms with van der Waals surface area (Å²) in [5.74, 6) is -4.85. The lowest BCUT2D eigenvalue weighted by Gasteiger charge is -2.54. The molecule has 1 aromatic heterocycles. The van der Waals surface area contributed by atoms with Crippen LogP contribution in [0.5, 0.6) is 0 Å². The van der Waals surface area contributed by atoms with Crippen molar-refractivity contribution >= 4 is 40.3 Å². The number of carbonyl (C=O) groups is 4. The van der Waals surface area contributed by atoms with E-state index in [9.17, 15) is 34.4 Å². The number of nitrogens with zero attached hydrogens (tertiary/aromatic N) is 2. The first-order chi connectivity index (χ1) is 23.7. The molecule has 6 atom stereocenters. The zero-order valence-electron chi connectivity index (χ0n) is 26.1. The lowest BCUT2D eigenvalue weighted by molar-refractivity contribution is -0.384. The minimum Gasteiger partial charge on any atom is -0.463 e. The van der Waals surface area contributed by atoms with Crippen molar-refractivity contribution in [3.8, 4) is 0 Å². The Balaban J connectivity index is 1.33. The summed E-state index contributed by atoms with van der Waals surface area (Å²) in [6.07, 6.45) is 3.65. The third kappa shape index (κ3) is 4.44. The average molecular weight is 655 g/mol. The normalized spacial score (nSPS) is 27.6. The Morgan fingerprint density at radius 1 is 0.878 bits per heavy atom. The SMILES string of the molecule is O=C1C(c2ccccc2)=CC(=O)C2(c3ccccc3)C1CC1C(=CCC3C(=O)N(c4cccc([N+](=O)[O-])c4)C(=O)C31)C2c1ccc(CO)o1. The second-order valence-corrected chi connectivity index (χ2v) is 13.0. The standard InChI is InChI=1S/C39H30N2O8/c42-21-26-14-17-32(49-26)35-27-15-16-28-34(38(46)40(37(28)45)24-12-7-13-25(18-24)41(47)48)30(27)19-31-36(44)29(22-8-3-1-4-9-22)20-33(43)39(31,35)23-10-5-2-6-11-23/h1-15,17-18,20,28,30-31,34-35,42H,16,19,21H2. The highest BCUT2D eigenvalue weighted by molar-refractivity contribution is 6.32. The van der Waals surface area contributed by atoms with Crippen molar-refractivity contribution in [3.05, 3.63) is 148 Å². The Hall–Kier alpha value is -5.74. The van der Waals surface area contributed by atoms with Crippen LogP contribution >= 0.6 is 0 Å². The Morgan fingerprint density at radius 2 is 1.61 bits per heavy atom.